The highest BCUT2D eigenvalue weighted by molar-refractivity contribution is 7.15. The van der Waals surface area contributed by atoms with E-state index >= 15 is 0 Å². The van der Waals surface area contributed by atoms with Crippen molar-refractivity contribution < 1.29 is 9.47 Å². The minimum absolute atomic E-state index is 0.115. The fourth-order valence-electron chi connectivity index (χ4n) is 2.24. The zero-order chi connectivity index (χ0) is 14.4. The molecule has 0 aliphatic carbocycles. The van der Waals surface area contributed by atoms with Crippen molar-refractivity contribution in [3.8, 4) is 0 Å². The second-order valence-corrected chi connectivity index (χ2v) is 5.35. The Labute approximate surface area is 123 Å². The summed E-state index contributed by atoms with van der Waals surface area (Å²) in [7, 11) is 0. The molecule has 1 atom stereocenters. The number of likely N-dealkylation sites (N-methyl/N-ethyl adjacent to an activating group) is 1. The quantitative estimate of drug-likeness (QED) is 0.722. The summed E-state index contributed by atoms with van der Waals surface area (Å²) in [5, 5.41) is 5.48. The molecule has 1 unspecified atom stereocenters. The van der Waals surface area contributed by atoms with Gasteiger partial charge in [-0.1, -0.05) is 6.92 Å². The number of aromatic nitrogens is 2. The van der Waals surface area contributed by atoms with Crippen molar-refractivity contribution in [1.82, 2.24) is 14.7 Å². The Bertz CT molecular complexity index is 477. The van der Waals surface area contributed by atoms with Gasteiger partial charge >= 0.3 is 0 Å². The molecule has 5 nitrogen and oxygen atoms in total. The maximum absolute atomic E-state index is 5.71. The summed E-state index contributed by atoms with van der Waals surface area (Å²) in [4.78, 5) is 5.66. The van der Waals surface area contributed by atoms with Crippen LogP contribution in [0.1, 0.15) is 26.5 Å². The van der Waals surface area contributed by atoms with Crippen LogP contribution >= 0.6 is 11.3 Å². The number of nitrogens with zero attached hydrogens (tertiary/aromatic N) is 2. The van der Waals surface area contributed by atoms with Crippen molar-refractivity contribution in [3.05, 3.63) is 23.5 Å². The zero-order valence-corrected chi connectivity index (χ0v) is 13.2. The molecule has 20 heavy (non-hydrogen) atoms. The molecule has 0 saturated carbocycles. The van der Waals surface area contributed by atoms with Gasteiger partial charge in [-0.25, -0.2) is 4.98 Å². The van der Waals surface area contributed by atoms with Crippen LogP contribution in [0.15, 0.2) is 17.8 Å². The van der Waals surface area contributed by atoms with E-state index < -0.39 is 0 Å². The summed E-state index contributed by atoms with van der Waals surface area (Å²) in [6.45, 7) is 8.23. The van der Waals surface area contributed by atoms with E-state index in [0.29, 0.717) is 13.2 Å². The number of rotatable bonds is 9. The molecular weight excluding hydrogens is 274 g/mol. The molecule has 112 valence electrons. The molecule has 0 saturated heterocycles. The predicted molar refractivity (Wildman–Crippen MR) is 81.3 cm³/mol. The van der Waals surface area contributed by atoms with E-state index in [1.54, 1.807) is 11.3 Å². The summed E-state index contributed by atoms with van der Waals surface area (Å²) in [6, 6.07) is 0.115. The lowest BCUT2D eigenvalue weighted by atomic mass is 10.1. The molecule has 6 heteroatoms. The van der Waals surface area contributed by atoms with E-state index in [2.05, 4.69) is 27.8 Å². The van der Waals surface area contributed by atoms with E-state index in [-0.39, 0.29) is 12.3 Å². The van der Waals surface area contributed by atoms with Crippen LogP contribution in [0.4, 0.5) is 0 Å². The molecule has 0 radical (unpaired) electrons. The van der Waals surface area contributed by atoms with Crippen molar-refractivity contribution in [2.24, 2.45) is 0 Å². The third-order valence-electron chi connectivity index (χ3n) is 3.03. The molecule has 0 aliphatic heterocycles. The number of imidazole rings is 1. The molecule has 0 aliphatic rings. The van der Waals surface area contributed by atoms with E-state index in [1.165, 1.54) is 0 Å². The van der Waals surface area contributed by atoms with Gasteiger partial charge in [-0.2, -0.15) is 0 Å². The number of nitrogens with one attached hydrogen (secondary N) is 1. The first-order chi connectivity index (χ1) is 9.78. The Balaban J connectivity index is 2.08. The summed E-state index contributed by atoms with van der Waals surface area (Å²) >= 11 is 1.65. The molecule has 2 aromatic rings. The fraction of sp³-hybridized carbons (Fsp3) is 0.643. The summed E-state index contributed by atoms with van der Waals surface area (Å²) < 4.78 is 13.5. The predicted octanol–water partition coefficient (Wildman–Crippen LogP) is 2.32. The highest BCUT2D eigenvalue weighted by Gasteiger charge is 2.23. The average Bonchev–Trinajstić information content (AvgIpc) is 2.99. The third-order valence-corrected chi connectivity index (χ3v) is 3.80. The topological polar surface area (TPSA) is 47.8 Å². The van der Waals surface area contributed by atoms with Gasteiger partial charge in [0.15, 0.2) is 11.3 Å². The summed E-state index contributed by atoms with van der Waals surface area (Å²) in [6.07, 6.45) is 4.67. The minimum atomic E-state index is -0.232. The maximum atomic E-state index is 5.71. The Hall–Kier alpha value is -0.950. The Morgan fingerprint density at radius 2 is 2.05 bits per heavy atom. The van der Waals surface area contributed by atoms with Gasteiger partial charge in [0.2, 0.25) is 0 Å². The van der Waals surface area contributed by atoms with Crippen LogP contribution in [0.5, 0.6) is 0 Å². The summed E-state index contributed by atoms with van der Waals surface area (Å²) in [5.74, 6) is 0. The van der Waals surface area contributed by atoms with Crippen LogP contribution in [0, 0.1) is 0 Å². The van der Waals surface area contributed by atoms with E-state index in [4.69, 9.17) is 9.47 Å². The second-order valence-electron chi connectivity index (χ2n) is 4.47. The molecule has 0 aromatic carbocycles. The van der Waals surface area contributed by atoms with Crippen LogP contribution < -0.4 is 5.32 Å². The van der Waals surface area contributed by atoms with Crippen molar-refractivity contribution >= 4 is 16.3 Å². The number of thiazole rings is 1. The highest BCUT2D eigenvalue weighted by atomic mass is 32.1. The lowest BCUT2D eigenvalue weighted by Crippen LogP contribution is -2.44. The molecule has 2 rings (SSSR count). The lowest BCUT2D eigenvalue weighted by Gasteiger charge is -2.26. The van der Waals surface area contributed by atoms with Crippen LogP contribution in [0.25, 0.3) is 4.96 Å². The molecule has 0 bridgehead atoms. The Kier molecular flexibility index (Phi) is 5.97. The van der Waals surface area contributed by atoms with Gasteiger partial charge in [0.1, 0.15) is 0 Å². The molecule has 2 heterocycles. The van der Waals surface area contributed by atoms with Gasteiger partial charge in [0, 0.05) is 37.4 Å². The molecular formula is C14H23N3O2S. The maximum Gasteiger partial charge on any atom is 0.193 e. The molecule has 0 amide bonds. The van der Waals surface area contributed by atoms with E-state index in [1.807, 2.05) is 25.4 Å². The highest BCUT2D eigenvalue weighted by Crippen LogP contribution is 2.14. The molecule has 1 N–H and O–H groups in total. The molecule has 0 spiro atoms. The molecule has 0 fully saturated rings. The van der Waals surface area contributed by atoms with Crippen LogP contribution in [0.2, 0.25) is 0 Å². The van der Waals surface area contributed by atoms with Gasteiger partial charge in [0.25, 0.3) is 0 Å². The third kappa shape index (κ3) is 3.79. The van der Waals surface area contributed by atoms with Gasteiger partial charge in [-0.05, 0) is 20.4 Å². The monoisotopic (exact) mass is 297 g/mol. The molecule has 2 aromatic heterocycles. The number of ether oxygens (including phenoxy) is 2. The fourth-order valence-corrected chi connectivity index (χ4v) is 2.95. The Morgan fingerprint density at radius 1 is 1.30 bits per heavy atom. The second kappa shape index (κ2) is 7.73. The van der Waals surface area contributed by atoms with E-state index in [0.717, 1.165) is 23.6 Å². The minimum Gasteiger partial charge on any atom is -0.351 e. The lowest BCUT2D eigenvalue weighted by molar-refractivity contribution is -0.153. The zero-order valence-electron chi connectivity index (χ0n) is 12.3. The van der Waals surface area contributed by atoms with Crippen molar-refractivity contribution in [3.63, 3.8) is 0 Å². The number of hydrogen-bond acceptors (Lipinski definition) is 5. The number of hydrogen-bond donors (Lipinski definition) is 1. The van der Waals surface area contributed by atoms with Crippen LogP contribution in [-0.4, -0.2) is 41.5 Å². The Morgan fingerprint density at radius 3 is 2.65 bits per heavy atom. The summed E-state index contributed by atoms with van der Waals surface area (Å²) in [5.41, 5.74) is 1.06. The van der Waals surface area contributed by atoms with Crippen LogP contribution in [-0.2, 0) is 15.9 Å². The van der Waals surface area contributed by atoms with Gasteiger partial charge in [-0.15, -0.1) is 11.3 Å². The largest absolute Gasteiger partial charge is 0.351 e. The van der Waals surface area contributed by atoms with Crippen molar-refractivity contribution in [2.45, 2.75) is 39.5 Å². The van der Waals surface area contributed by atoms with E-state index in [9.17, 15) is 0 Å². The first-order valence-corrected chi connectivity index (χ1v) is 8.04. The standard InChI is InChI=1S/C14H23N3O2S/c1-4-15-12(13(18-5-2)19-6-3)9-11-10-17-7-8-20-14(17)16-11/h7-8,10,12-13,15H,4-6,9H2,1-3H3. The van der Waals surface area contributed by atoms with Gasteiger partial charge in [0.05, 0.1) is 11.7 Å². The SMILES string of the molecule is CCNC(Cc1cn2ccsc2n1)C(OCC)OCC. The van der Waals surface area contributed by atoms with Crippen molar-refractivity contribution in [1.29, 1.82) is 0 Å². The van der Waals surface area contributed by atoms with Gasteiger partial charge in [-0.3, -0.25) is 4.40 Å². The first-order valence-electron chi connectivity index (χ1n) is 7.16. The smallest absolute Gasteiger partial charge is 0.193 e. The average molecular weight is 297 g/mol. The normalized spacial score (nSPS) is 13.4. The van der Waals surface area contributed by atoms with Crippen LogP contribution in [0.3, 0.4) is 0 Å². The first kappa shape index (κ1) is 15.4. The number of fused-ring (bicyclic) bond motifs is 1. The van der Waals surface area contributed by atoms with Gasteiger partial charge < -0.3 is 14.8 Å². The van der Waals surface area contributed by atoms with Crippen molar-refractivity contribution in [2.75, 3.05) is 19.8 Å².